The summed E-state index contributed by atoms with van der Waals surface area (Å²) in [6.07, 6.45) is 1.12. The van der Waals surface area contributed by atoms with Crippen molar-refractivity contribution in [1.82, 2.24) is 25.6 Å². The van der Waals surface area contributed by atoms with Gasteiger partial charge in [0, 0.05) is 45.0 Å². The molecule has 5 aliphatic heterocycles. The molecule has 4 unspecified atom stereocenters. The van der Waals surface area contributed by atoms with Crippen molar-refractivity contribution >= 4 is 23.5 Å². The van der Waals surface area contributed by atoms with Gasteiger partial charge in [0.2, 0.25) is 0 Å². The Bertz CT molecular complexity index is 1070. The minimum Gasteiger partial charge on any atom is -0.378 e. The fourth-order valence-corrected chi connectivity index (χ4v) is 6.44. The van der Waals surface area contributed by atoms with E-state index in [1.165, 1.54) is 0 Å². The number of hydrogen-bond acceptors (Lipinski definition) is 10. The van der Waals surface area contributed by atoms with E-state index in [4.69, 9.17) is 9.73 Å². The molecular formula is C26H36F2N8O2. The number of alkyl halides is 2. The summed E-state index contributed by atoms with van der Waals surface area (Å²) >= 11 is 0. The van der Waals surface area contributed by atoms with Crippen LogP contribution in [0.3, 0.4) is 0 Å². The van der Waals surface area contributed by atoms with E-state index in [2.05, 4.69) is 37.8 Å². The van der Waals surface area contributed by atoms with Crippen LogP contribution >= 0.6 is 0 Å². The van der Waals surface area contributed by atoms with E-state index >= 15 is 0 Å². The molecule has 0 bridgehead atoms. The van der Waals surface area contributed by atoms with Crippen molar-refractivity contribution in [2.45, 2.75) is 56.3 Å². The first-order chi connectivity index (χ1) is 18.6. The van der Waals surface area contributed by atoms with Gasteiger partial charge in [-0.1, -0.05) is 12.1 Å². The third kappa shape index (κ3) is 4.58. The zero-order valence-corrected chi connectivity index (χ0v) is 21.5. The fraction of sp³-hybridized carbons (Fsp3) is 0.615. The highest BCUT2D eigenvalue weighted by Crippen LogP contribution is 2.40. The number of benzene rings is 1. The molecule has 0 amide bonds. The Hall–Kier alpha value is -2.64. The van der Waals surface area contributed by atoms with Crippen LogP contribution in [0.25, 0.3) is 0 Å². The Balaban J connectivity index is 1.39. The number of hydrogen-bond donors (Lipinski definition) is 3. The second-order valence-electron chi connectivity index (χ2n) is 10.5. The SMILES string of the molecule is C[C@H]1COCCN1N1C(C2CNCCN2C2CN[C@H](C=O)C2)=NC=CC1N1c2ccccc2NC1C(F)F. The third-order valence-corrected chi connectivity index (χ3v) is 8.23. The summed E-state index contributed by atoms with van der Waals surface area (Å²) in [7, 11) is 0. The smallest absolute Gasteiger partial charge is 0.276 e. The molecule has 12 heteroatoms. The number of carbonyl (C=O) groups excluding carboxylic acids is 1. The Morgan fingerprint density at radius 3 is 2.87 bits per heavy atom. The lowest BCUT2D eigenvalue weighted by Gasteiger charge is -2.53. The predicted octanol–water partition coefficient (Wildman–Crippen LogP) is 0.903. The molecule has 1 aromatic rings. The summed E-state index contributed by atoms with van der Waals surface area (Å²) in [6.45, 7) is 6.91. The van der Waals surface area contributed by atoms with Crippen molar-refractivity contribution in [2.75, 3.05) is 56.2 Å². The van der Waals surface area contributed by atoms with Crippen molar-refractivity contribution in [3.05, 3.63) is 36.5 Å². The summed E-state index contributed by atoms with van der Waals surface area (Å²) in [6, 6.07) is 7.48. The highest BCUT2D eigenvalue weighted by Gasteiger charge is 2.47. The molecule has 10 nitrogen and oxygen atoms in total. The van der Waals surface area contributed by atoms with Gasteiger partial charge in [-0.25, -0.2) is 18.8 Å². The average Bonchev–Trinajstić information content (AvgIpc) is 3.58. The molecule has 3 N–H and O–H groups in total. The average molecular weight is 531 g/mol. The first-order valence-corrected chi connectivity index (χ1v) is 13.5. The summed E-state index contributed by atoms with van der Waals surface area (Å²) in [4.78, 5) is 20.6. The lowest BCUT2D eigenvalue weighted by Crippen LogP contribution is -2.70. The van der Waals surface area contributed by atoms with Crippen LogP contribution in [0, 0.1) is 0 Å². The van der Waals surface area contributed by atoms with Crippen molar-refractivity contribution in [3.8, 4) is 0 Å². The topological polar surface area (TPSA) is 87.7 Å². The zero-order chi connectivity index (χ0) is 26.2. The van der Waals surface area contributed by atoms with Crippen LogP contribution in [0.5, 0.6) is 0 Å². The quantitative estimate of drug-likeness (QED) is 0.465. The standard InChI is InChI=1S/C26H36F2N8O2/c1-17-16-38-11-10-34(17)36-23(35-21-5-3-2-4-20(21)32-26(35)24(27)28)6-7-30-25(36)22-14-29-8-9-33(22)19-12-18(15-37)31-13-19/h2-7,15,17-19,22-24,26,29,31-32H,8-14,16H2,1H3/t17-,18-,19?,22?,23?,26?/m0/s1. The maximum Gasteiger partial charge on any atom is 0.276 e. The van der Waals surface area contributed by atoms with Gasteiger partial charge >= 0.3 is 0 Å². The molecule has 0 radical (unpaired) electrons. The van der Waals surface area contributed by atoms with Crippen LogP contribution in [-0.2, 0) is 9.53 Å². The number of rotatable bonds is 6. The number of nitrogens with one attached hydrogen (secondary N) is 3. The molecule has 3 fully saturated rings. The molecule has 3 saturated heterocycles. The van der Waals surface area contributed by atoms with E-state index in [0.29, 0.717) is 32.0 Å². The van der Waals surface area contributed by atoms with Crippen molar-refractivity contribution < 1.29 is 18.3 Å². The Morgan fingerprint density at radius 2 is 2.08 bits per heavy atom. The lowest BCUT2D eigenvalue weighted by atomic mass is 10.0. The monoisotopic (exact) mass is 530 g/mol. The third-order valence-electron chi connectivity index (χ3n) is 8.23. The molecule has 0 aliphatic carbocycles. The van der Waals surface area contributed by atoms with Crippen LogP contribution in [0.4, 0.5) is 20.2 Å². The summed E-state index contributed by atoms with van der Waals surface area (Å²) < 4.78 is 34.7. The van der Waals surface area contributed by atoms with Crippen molar-refractivity contribution in [3.63, 3.8) is 0 Å². The Kier molecular flexibility index (Phi) is 7.32. The van der Waals surface area contributed by atoms with Crippen LogP contribution in [0.2, 0.25) is 0 Å². The molecule has 1 aromatic carbocycles. The molecular weight excluding hydrogens is 494 g/mol. The lowest BCUT2D eigenvalue weighted by molar-refractivity contribution is -0.109. The summed E-state index contributed by atoms with van der Waals surface area (Å²) in [5, 5.41) is 14.2. The van der Waals surface area contributed by atoms with E-state index in [0.717, 1.165) is 43.9 Å². The molecule has 5 heterocycles. The Labute approximate surface area is 221 Å². The highest BCUT2D eigenvalue weighted by atomic mass is 19.3. The minimum atomic E-state index is -2.60. The number of hydrazine groups is 1. The van der Waals surface area contributed by atoms with E-state index in [1.807, 2.05) is 30.3 Å². The van der Waals surface area contributed by atoms with Crippen LogP contribution in [-0.4, -0.2) is 116 Å². The summed E-state index contributed by atoms with van der Waals surface area (Å²) in [5.74, 6) is 0.824. The number of para-hydroxylation sites is 2. The number of aldehydes is 1. The number of ether oxygens (including phenoxy) is 1. The van der Waals surface area contributed by atoms with Gasteiger partial charge in [-0.2, -0.15) is 0 Å². The number of carbonyl (C=O) groups is 1. The number of aliphatic imine (C=N–C) groups is 1. The number of morpholine rings is 1. The maximum absolute atomic E-state index is 14.5. The van der Waals surface area contributed by atoms with E-state index in [1.54, 1.807) is 11.1 Å². The van der Waals surface area contributed by atoms with Gasteiger partial charge < -0.3 is 30.4 Å². The first-order valence-electron chi connectivity index (χ1n) is 13.5. The molecule has 6 rings (SSSR count). The van der Waals surface area contributed by atoms with Gasteiger partial charge in [-0.3, -0.25) is 9.91 Å². The minimum absolute atomic E-state index is 0.0383. The number of nitrogens with zero attached hydrogens (tertiary/aromatic N) is 5. The van der Waals surface area contributed by atoms with E-state index in [-0.39, 0.29) is 24.2 Å². The number of anilines is 2. The second-order valence-corrected chi connectivity index (χ2v) is 10.5. The van der Waals surface area contributed by atoms with Gasteiger partial charge in [0.1, 0.15) is 18.3 Å². The highest BCUT2D eigenvalue weighted by molar-refractivity contribution is 5.90. The van der Waals surface area contributed by atoms with Gasteiger partial charge in [0.05, 0.1) is 42.7 Å². The number of halogens is 2. The van der Waals surface area contributed by atoms with Crippen molar-refractivity contribution in [2.24, 2.45) is 4.99 Å². The largest absolute Gasteiger partial charge is 0.378 e. The predicted molar refractivity (Wildman–Crippen MR) is 141 cm³/mol. The second kappa shape index (κ2) is 10.9. The number of fused-ring (bicyclic) bond motifs is 1. The molecule has 0 saturated carbocycles. The van der Waals surface area contributed by atoms with Crippen LogP contribution < -0.4 is 20.9 Å². The van der Waals surface area contributed by atoms with Crippen LogP contribution in [0.15, 0.2) is 41.5 Å². The molecule has 5 aliphatic rings. The molecule has 6 atom stereocenters. The van der Waals surface area contributed by atoms with Crippen molar-refractivity contribution in [1.29, 1.82) is 0 Å². The normalized spacial score (nSPS) is 34.4. The van der Waals surface area contributed by atoms with Crippen LogP contribution in [0.1, 0.15) is 13.3 Å². The van der Waals surface area contributed by atoms with Gasteiger partial charge in [0.15, 0.2) is 6.17 Å². The van der Waals surface area contributed by atoms with E-state index in [9.17, 15) is 13.6 Å². The number of piperazine rings is 1. The van der Waals surface area contributed by atoms with E-state index < -0.39 is 18.8 Å². The van der Waals surface area contributed by atoms with Gasteiger partial charge in [-0.15, -0.1) is 0 Å². The molecule has 0 spiro atoms. The Morgan fingerprint density at radius 1 is 1.21 bits per heavy atom. The van der Waals surface area contributed by atoms with Gasteiger partial charge in [-0.05, 0) is 31.6 Å². The molecule has 0 aromatic heterocycles. The number of amidine groups is 1. The summed E-state index contributed by atoms with van der Waals surface area (Å²) in [5.41, 5.74) is 1.44. The fourth-order valence-electron chi connectivity index (χ4n) is 6.44. The molecule has 38 heavy (non-hydrogen) atoms. The molecule has 206 valence electrons. The maximum atomic E-state index is 14.5. The first kappa shape index (κ1) is 25.6. The zero-order valence-electron chi connectivity index (χ0n) is 21.5. The van der Waals surface area contributed by atoms with Gasteiger partial charge in [0.25, 0.3) is 6.43 Å².